The summed E-state index contributed by atoms with van der Waals surface area (Å²) in [6.45, 7) is 17.7. The van der Waals surface area contributed by atoms with Crippen molar-refractivity contribution in [3.63, 3.8) is 0 Å². The van der Waals surface area contributed by atoms with Crippen LogP contribution in [0.1, 0.15) is 54.4 Å². The highest BCUT2D eigenvalue weighted by atomic mass is 16.5. The van der Waals surface area contributed by atoms with Gasteiger partial charge in [0.25, 0.3) is 0 Å². The third-order valence-electron chi connectivity index (χ3n) is 4.58. The van der Waals surface area contributed by atoms with Gasteiger partial charge in [0, 0.05) is 31.7 Å². The lowest BCUT2D eigenvalue weighted by molar-refractivity contribution is -0.0277. The van der Waals surface area contributed by atoms with Crippen LogP contribution in [0.4, 0.5) is 0 Å². The molecule has 1 heterocycles. The van der Waals surface area contributed by atoms with Crippen molar-refractivity contribution >= 4 is 0 Å². The van der Waals surface area contributed by atoms with Crippen LogP contribution in [0.5, 0.6) is 0 Å². The van der Waals surface area contributed by atoms with E-state index < -0.39 is 0 Å². The Morgan fingerprint density at radius 1 is 1.10 bits per heavy atom. The van der Waals surface area contributed by atoms with Crippen molar-refractivity contribution in [3.8, 4) is 0 Å². The largest absolute Gasteiger partial charge is 0.375 e. The van der Waals surface area contributed by atoms with Crippen LogP contribution in [-0.4, -0.2) is 48.8 Å². The van der Waals surface area contributed by atoms with Crippen LogP contribution in [0.15, 0.2) is 0 Å². The van der Waals surface area contributed by atoms with Crippen molar-refractivity contribution in [3.05, 3.63) is 0 Å². The molecule has 1 saturated carbocycles. The molecule has 118 valence electrons. The van der Waals surface area contributed by atoms with E-state index in [9.17, 15) is 0 Å². The van der Waals surface area contributed by atoms with Crippen molar-refractivity contribution in [1.29, 1.82) is 0 Å². The van der Waals surface area contributed by atoms with Crippen molar-refractivity contribution in [2.24, 2.45) is 11.3 Å². The Hall–Kier alpha value is -0.120. The van der Waals surface area contributed by atoms with Crippen molar-refractivity contribution < 1.29 is 4.74 Å². The molecule has 2 aliphatic rings. The van der Waals surface area contributed by atoms with Gasteiger partial charge in [0.05, 0.1) is 12.2 Å². The summed E-state index contributed by atoms with van der Waals surface area (Å²) in [7, 11) is 0. The highest BCUT2D eigenvalue weighted by Gasteiger charge is 2.40. The Morgan fingerprint density at radius 2 is 1.75 bits per heavy atom. The average molecular weight is 282 g/mol. The van der Waals surface area contributed by atoms with Gasteiger partial charge in [-0.1, -0.05) is 20.8 Å². The quantitative estimate of drug-likeness (QED) is 0.858. The predicted octanol–water partition coefficient (Wildman–Crippen LogP) is 2.90. The number of rotatable bonds is 4. The van der Waals surface area contributed by atoms with Gasteiger partial charge in [0.1, 0.15) is 0 Å². The van der Waals surface area contributed by atoms with E-state index >= 15 is 0 Å². The van der Waals surface area contributed by atoms with Gasteiger partial charge in [-0.2, -0.15) is 0 Å². The molecule has 2 unspecified atom stereocenters. The highest BCUT2D eigenvalue weighted by molar-refractivity contribution is 4.97. The molecule has 1 saturated heterocycles. The summed E-state index contributed by atoms with van der Waals surface area (Å²) in [5.41, 5.74) is 0.310. The van der Waals surface area contributed by atoms with Crippen molar-refractivity contribution in [2.75, 3.05) is 26.2 Å². The lowest BCUT2D eigenvalue weighted by atomic mass is 9.84. The Labute approximate surface area is 125 Å². The first-order valence-corrected chi connectivity index (χ1v) is 8.28. The minimum Gasteiger partial charge on any atom is -0.375 e. The Kier molecular flexibility index (Phi) is 4.83. The molecule has 1 aliphatic heterocycles. The van der Waals surface area contributed by atoms with E-state index in [2.05, 4.69) is 51.8 Å². The van der Waals surface area contributed by atoms with Gasteiger partial charge in [0.2, 0.25) is 0 Å². The normalized spacial score (nSPS) is 29.7. The molecular weight excluding hydrogens is 248 g/mol. The summed E-state index contributed by atoms with van der Waals surface area (Å²) < 4.78 is 5.94. The Morgan fingerprint density at radius 3 is 2.25 bits per heavy atom. The molecule has 3 nitrogen and oxygen atoms in total. The maximum Gasteiger partial charge on any atom is 0.0600 e. The molecule has 2 fully saturated rings. The van der Waals surface area contributed by atoms with Crippen LogP contribution >= 0.6 is 0 Å². The van der Waals surface area contributed by atoms with Crippen LogP contribution < -0.4 is 5.32 Å². The standard InChI is InChI=1S/C17H34N2O/c1-16(2,3)15-12-19(9-10-20-17(4,5)6)14(11-18-15)13-7-8-13/h13-15,18H,7-12H2,1-6H3. The van der Waals surface area contributed by atoms with E-state index in [4.69, 9.17) is 4.74 Å². The second-order valence-corrected chi connectivity index (χ2v) is 8.69. The first kappa shape index (κ1) is 16.3. The topological polar surface area (TPSA) is 24.5 Å². The fraction of sp³-hybridized carbons (Fsp3) is 1.00. The third-order valence-corrected chi connectivity index (χ3v) is 4.58. The molecule has 0 aromatic carbocycles. The SMILES string of the molecule is CC(C)(C)OCCN1CC(C(C)(C)C)NCC1C1CC1. The molecule has 3 heteroatoms. The maximum absolute atomic E-state index is 5.94. The molecule has 20 heavy (non-hydrogen) atoms. The van der Waals surface area contributed by atoms with Crippen LogP contribution in [-0.2, 0) is 4.74 Å². The first-order valence-electron chi connectivity index (χ1n) is 8.28. The fourth-order valence-electron chi connectivity index (χ4n) is 3.08. The number of nitrogens with one attached hydrogen (secondary N) is 1. The molecule has 0 spiro atoms. The van der Waals surface area contributed by atoms with Crippen molar-refractivity contribution in [1.82, 2.24) is 10.2 Å². The second kappa shape index (κ2) is 5.94. The molecule has 2 rings (SSSR count). The zero-order valence-electron chi connectivity index (χ0n) is 14.3. The molecule has 0 aromatic rings. The van der Waals surface area contributed by atoms with E-state index in [0.717, 1.165) is 38.2 Å². The van der Waals surface area contributed by atoms with Crippen LogP contribution in [0.2, 0.25) is 0 Å². The van der Waals surface area contributed by atoms with Gasteiger partial charge in [-0.3, -0.25) is 4.90 Å². The van der Waals surface area contributed by atoms with E-state index in [1.807, 2.05) is 0 Å². The number of hydrogen-bond donors (Lipinski definition) is 1. The smallest absolute Gasteiger partial charge is 0.0600 e. The van der Waals surface area contributed by atoms with Gasteiger partial charge >= 0.3 is 0 Å². The van der Waals surface area contributed by atoms with Gasteiger partial charge in [0.15, 0.2) is 0 Å². The summed E-state index contributed by atoms with van der Waals surface area (Å²) in [6.07, 6.45) is 2.84. The number of nitrogens with zero attached hydrogens (tertiary/aromatic N) is 1. The molecule has 0 aromatic heterocycles. The van der Waals surface area contributed by atoms with Crippen LogP contribution in [0.3, 0.4) is 0 Å². The maximum atomic E-state index is 5.94. The first-order chi connectivity index (χ1) is 9.17. The monoisotopic (exact) mass is 282 g/mol. The Balaban J connectivity index is 1.89. The number of ether oxygens (including phenoxy) is 1. The predicted molar refractivity (Wildman–Crippen MR) is 85.0 cm³/mol. The Bertz CT molecular complexity index is 312. The lowest BCUT2D eigenvalue weighted by Crippen LogP contribution is -2.61. The van der Waals surface area contributed by atoms with Gasteiger partial charge < -0.3 is 10.1 Å². The summed E-state index contributed by atoms with van der Waals surface area (Å²) in [4.78, 5) is 2.69. The number of piperazine rings is 1. The molecule has 1 aliphatic carbocycles. The molecule has 1 N–H and O–H groups in total. The molecule has 2 atom stereocenters. The minimum atomic E-state index is -0.0213. The highest BCUT2D eigenvalue weighted by Crippen LogP contribution is 2.37. The van der Waals surface area contributed by atoms with Gasteiger partial charge in [-0.15, -0.1) is 0 Å². The van der Waals surface area contributed by atoms with E-state index in [1.165, 1.54) is 12.8 Å². The molecule has 0 bridgehead atoms. The van der Waals surface area contributed by atoms with Gasteiger partial charge in [-0.05, 0) is 44.9 Å². The zero-order chi connectivity index (χ0) is 15.0. The third kappa shape index (κ3) is 4.71. The van der Waals surface area contributed by atoms with Crippen molar-refractivity contribution in [2.45, 2.75) is 72.1 Å². The van der Waals surface area contributed by atoms with E-state index in [-0.39, 0.29) is 5.60 Å². The van der Waals surface area contributed by atoms with E-state index in [1.54, 1.807) is 0 Å². The lowest BCUT2D eigenvalue weighted by Gasteiger charge is -2.45. The fourth-order valence-corrected chi connectivity index (χ4v) is 3.08. The van der Waals surface area contributed by atoms with Crippen LogP contribution in [0.25, 0.3) is 0 Å². The zero-order valence-corrected chi connectivity index (χ0v) is 14.3. The summed E-state index contributed by atoms with van der Waals surface area (Å²) in [5.74, 6) is 0.929. The summed E-state index contributed by atoms with van der Waals surface area (Å²) in [5, 5.41) is 3.78. The molecule has 0 radical (unpaired) electrons. The molecular formula is C17H34N2O. The molecule has 0 amide bonds. The van der Waals surface area contributed by atoms with E-state index in [0.29, 0.717) is 11.5 Å². The minimum absolute atomic E-state index is 0.0213. The second-order valence-electron chi connectivity index (χ2n) is 8.69. The van der Waals surface area contributed by atoms with Crippen LogP contribution in [0, 0.1) is 11.3 Å². The summed E-state index contributed by atoms with van der Waals surface area (Å²) in [6, 6.07) is 1.32. The average Bonchev–Trinajstić information content (AvgIpc) is 3.09. The number of hydrogen-bond acceptors (Lipinski definition) is 3. The van der Waals surface area contributed by atoms with Gasteiger partial charge in [-0.25, -0.2) is 0 Å². The summed E-state index contributed by atoms with van der Waals surface area (Å²) >= 11 is 0.